The van der Waals surface area contributed by atoms with Crippen LogP contribution in [0, 0.1) is 0 Å². The smallest absolute Gasteiger partial charge is 0.149 e. The van der Waals surface area contributed by atoms with Gasteiger partial charge in [-0.15, -0.1) is 5.10 Å². The average molecular weight is 221 g/mol. The summed E-state index contributed by atoms with van der Waals surface area (Å²) in [5, 5.41) is 11.7. The van der Waals surface area contributed by atoms with Crippen LogP contribution in [0.3, 0.4) is 0 Å². The van der Waals surface area contributed by atoms with Gasteiger partial charge in [0.25, 0.3) is 0 Å². The molecule has 2 atom stereocenters. The van der Waals surface area contributed by atoms with Crippen LogP contribution in [0.5, 0.6) is 0 Å². The van der Waals surface area contributed by atoms with Crippen LogP contribution in [-0.4, -0.2) is 22.8 Å². The molecule has 1 aliphatic rings. The minimum atomic E-state index is 0.122. The number of fused-ring (bicyclic) bond motifs is 1. The number of nitrogens with zero attached hydrogens (tertiary/aromatic N) is 2. The lowest BCUT2D eigenvalue weighted by molar-refractivity contribution is -0.00622. The summed E-state index contributed by atoms with van der Waals surface area (Å²) in [6.45, 7) is 7.20. The van der Waals surface area contributed by atoms with E-state index in [-0.39, 0.29) is 12.2 Å². The zero-order valence-corrected chi connectivity index (χ0v) is 10.2. The molecule has 0 saturated heterocycles. The maximum atomic E-state index is 5.78. The van der Waals surface area contributed by atoms with E-state index in [1.54, 1.807) is 0 Å². The highest BCUT2D eigenvalue weighted by atomic mass is 16.5. The second-order valence-electron chi connectivity index (χ2n) is 4.35. The van der Waals surface area contributed by atoms with Crippen molar-refractivity contribution in [1.29, 1.82) is 0 Å². The second-order valence-corrected chi connectivity index (χ2v) is 4.35. The predicted octanol–water partition coefficient (Wildman–Crippen LogP) is 2.32. The van der Waals surface area contributed by atoms with Gasteiger partial charge < -0.3 is 10.1 Å². The van der Waals surface area contributed by atoms with E-state index >= 15 is 0 Å². The Balaban J connectivity index is 2.20. The fourth-order valence-corrected chi connectivity index (χ4v) is 2.02. The zero-order chi connectivity index (χ0) is 11.5. The van der Waals surface area contributed by atoms with Crippen molar-refractivity contribution in [3.05, 3.63) is 17.3 Å². The first-order valence-corrected chi connectivity index (χ1v) is 5.96. The van der Waals surface area contributed by atoms with Crippen molar-refractivity contribution in [3.8, 4) is 0 Å². The first-order valence-electron chi connectivity index (χ1n) is 5.96. The molecule has 1 aromatic rings. The van der Waals surface area contributed by atoms with Gasteiger partial charge in [0.05, 0.1) is 17.9 Å². The van der Waals surface area contributed by atoms with Gasteiger partial charge in [-0.05, 0) is 26.3 Å². The molecule has 4 nitrogen and oxygen atoms in total. The van der Waals surface area contributed by atoms with E-state index in [4.69, 9.17) is 4.74 Å². The molecule has 1 N–H and O–H groups in total. The van der Waals surface area contributed by atoms with Crippen molar-refractivity contribution in [1.82, 2.24) is 10.2 Å². The molecular formula is C12H19N3O. The van der Waals surface area contributed by atoms with Gasteiger partial charge in [0.15, 0.2) is 0 Å². The van der Waals surface area contributed by atoms with Crippen molar-refractivity contribution < 1.29 is 4.74 Å². The van der Waals surface area contributed by atoms with Crippen LogP contribution in [0.4, 0.5) is 5.82 Å². The summed E-state index contributed by atoms with van der Waals surface area (Å²) in [6.07, 6.45) is 2.31. The highest BCUT2D eigenvalue weighted by Crippen LogP contribution is 2.29. The van der Waals surface area contributed by atoms with Crippen LogP contribution in [0.2, 0.25) is 0 Å². The molecule has 0 aliphatic carbocycles. The summed E-state index contributed by atoms with van der Waals surface area (Å²) >= 11 is 0. The van der Waals surface area contributed by atoms with E-state index < -0.39 is 0 Å². The number of hydrogen-bond acceptors (Lipinski definition) is 4. The average Bonchev–Trinajstić information content (AvgIpc) is 2.26. The monoisotopic (exact) mass is 221 g/mol. The molecule has 2 unspecified atom stereocenters. The maximum absolute atomic E-state index is 5.78. The Kier molecular flexibility index (Phi) is 3.39. The number of rotatable bonds is 3. The van der Waals surface area contributed by atoms with E-state index in [1.807, 2.05) is 0 Å². The van der Waals surface area contributed by atoms with Crippen molar-refractivity contribution in [2.24, 2.45) is 0 Å². The Morgan fingerprint density at radius 1 is 1.44 bits per heavy atom. The van der Waals surface area contributed by atoms with Gasteiger partial charge in [-0.3, -0.25) is 0 Å². The lowest BCUT2D eigenvalue weighted by atomic mass is 10.0. The van der Waals surface area contributed by atoms with Gasteiger partial charge in [0.1, 0.15) is 5.82 Å². The molecular weight excluding hydrogens is 202 g/mol. The van der Waals surface area contributed by atoms with Crippen molar-refractivity contribution in [3.63, 3.8) is 0 Å². The topological polar surface area (TPSA) is 47.0 Å². The van der Waals surface area contributed by atoms with Crippen molar-refractivity contribution in [2.75, 3.05) is 11.9 Å². The van der Waals surface area contributed by atoms with Crippen LogP contribution < -0.4 is 5.32 Å². The molecule has 2 rings (SSSR count). The molecule has 0 saturated carbocycles. The molecule has 88 valence electrons. The first-order chi connectivity index (χ1) is 7.70. The summed E-state index contributed by atoms with van der Waals surface area (Å²) in [6, 6.07) is 2.06. The quantitative estimate of drug-likeness (QED) is 0.851. The third-order valence-corrected chi connectivity index (χ3v) is 2.82. The standard InChI is InChI=1S/C12H19N3O/c1-4-5-13-12-7-10-9(3)16-8(2)6-11(10)14-15-12/h7-9H,4-6H2,1-3H3,(H,13,15). The minimum absolute atomic E-state index is 0.122. The predicted molar refractivity (Wildman–Crippen MR) is 63.5 cm³/mol. The van der Waals surface area contributed by atoms with Gasteiger partial charge in [-0.1, -0.05) is 6.92 Å². The van der Waals surface area contributed by atoms with Crippen molar-refractivity contribution in [2.45, 2.75) is 45.8 Å². The minimum Gasteiger partial charge on any atom is -0.370 e. The van der Waals surface area contributed by atoms with E-state index in [1.165, 1.54) is 5.56 Å². The normalized spacial score (nSPS) is 23.9. The van der Waals surface area contributed by atoms with Crippen LogP contribution >= 0.6 is 0 Å². The summed E-state index contributed by atoms with van der Waals surface area (Å²) in [4.78, 5) is 0. The van der Waals surface area contributed by atoms with Gasteiger partial charge in [-0.2, -0.15) is 5.10 Å². The Morgan fingerprint density at radius 3 is 3.00 bits per heavy atom. The number of aromatic nitrogens is 2. The largest absolute Gasteiger partial charge is 0.370 e. The highest BCUT2D eigenvalue weighted by molar-refractivity contribution is 5.39. The third-order valence-electron chi connectivity index (χ3n) is 2.82. The van der Waals surface area contributed by atoms with Crippen molar-refractivity contribution >= 4 is 5.82 Å². The van der Waals surface area contributed by atoms with Gasteiger partial charge in [-0.25, -0.2) is 0 Å². The van der Waals surface area contributed by atoms with Crippen LogP contribution in [-0.2, 0) is 11.2 Å². The fourth-order valence-electron chi connectivity index (χ4n) is 2.02. The molecule has 0 aromatic carbocycles. The molecule has 0 amide bonds. The first kappa shape index (κ1) is 11.3. The number of nitrogens with one attached hydrogen (secondary N) is 1. The maximum Gasteiger partial charge on any atom is 0.149 e. The molecule has 1 aliphatic heterocycles. The van der Waals surface area contributed by atoms with Gasteiger partial charge >= 0.3 is 0 Å². The number of anilines is 1. The van der Waals surface area contributed by atoms with Gasteiger partial charge in [0, 0.05) is 18.5 Å². The summed E-state index contributed by atoms with van der Waals surface area (Å²) in [5.74, 6) is 0.852. The molecule has 4 heteroatoms. The Morgan fingerprint density at radius 2 is 2.25 bits per heavy atom. The summed E-state index contributed by atoms with van der Waals surface area (Å²) < 4.78 is 5.78. The molecule has 0 fully saturated rings. The van der Waals surface area contributed by atoms with E-state index in [0.29, 0.717) is 0 Å². The number of ether oxygens (including phenoxy) is 1. The third kappa shape index (κ3) is 2.32. The van der Waals surface area contributed by atoms with E-state index in [2.05, 4.69) is 42.4 Å². The van der Waals surface area contributed by atoms with Crippen LogP contribution in [0.25, 0.3) is 0 Å². The van der Waals surface area contributed by atoms with Gasteiger partial charge in [0.2, 0.25) is 0 Å². The number of hydrogen-bond donors (Lipinski definition) is 1. The second kappa shape index (κ2) is 4.78. The lowest BCUT2D eigenvalue weighted by Crippen LogP contribution is -2.24. The summed E-state index contributed by atoms with van der Waals surface area (Å²) in [7, 11) is 0. The molecule has 0 spiro atoms. The highest BCUT2D eigenvalue weighted by Gasteiger charge is 2.23. The lowest BCUT2D eigenvalue weighted by Gasteiger charge is -2.27. The van der Waals surface area contributed by atoms with Crippen LogP contribution in [0.1, 0.15) is 44.6 Å². The fraction of sp³-hybridized carbons (Fsp3) is 0.667. The molecule has 2 heterocycles. The Bertz CT molecular complexity index is 367. The summed E-state index contributed by atoms with van der Waals surface area (Å²) in [5.41, 5.74) is 2.25. The SMILES string of the molecule is CCCNc1cc2c(nn1)CC(C)OC2C. The zero-order valence-electron chi connectivity index (χ0n) is 10.2. The molecule has 0 radical (unpaired) electrons. The molecule has 1 aromatic heterocycles. The van der Waals surface area contributed by atoms with E-state index in [0.717, 1.165) is 30.9 Å². The molecule has 0 bridgehead atoms. The Labute approximate surface area is 96.4 Å². The molecule has 16 heavy (non-hydrogen) atoms. The Hall–Kier alpha value is -1.16. The van der Waals surface area contributed by atoms with E-state index in [9.17, 15) is 0 Å². The van der Waals surface area contributed by atoms with Crippen LogP contribution in [0.15, 0.2) is 6.07 Å².